The Morgan fingerprint density at radius 3 is 2.95 bits per heavy atom. The van der Waals surface area contributed by atoms with Gasteiger partial charge >= 0.3 is 0 Å². The average Bonchev–Trinajstić information content (AvgIpc) is 2.98. The fraction of sp³-hybridized carbons (Fsp3) is 0.375. The Morgan fingerprint density at radius 2 is 2.18 bits per heavy atom. The second-order valence-electron chi connectivity index (χ2n) is 5.02. The van der Waals surface area contributed by atoms with Crippen molar-refractivity contribution in [3.8, 4) is 0 Å². The Kier molecular flexibility index (Phi) is 5.81. The highest BCUT2D eigenvalue weighted by atomic mass is 32.2. The summed E-state index contributed by atoms with van der Waals surface area (Å²) in [5.74, 6) is 1.78. The lowest BCUT2D eigenvalue weighted by molar-refractivity contribution is -0.128. The van der Waals surface area contributed by atoms with Gasteiger partial charge in [-0.05, 0) is 30.0 Å². The molecule has 0 radical (unpaired) electrons. The zero-order valence-electron chi connectivity index (χ0n) is 12.2. The van der Waals surface area contributed by atoms with Crippen LogP contribution in [-0.2, 0) is 4.79 Å². The molecule has 3 rings (SSSR count). The number of hydrogen-bond acceptors (Lipinski definition) is 5. The molecule has 1 aliphatic rings. The van der Waals surface area contributed by atoms with Gasteiger partial charge in [0.15, 0.2) is 0 Å². The van der Waals surface area contributed by atoms with E-state index in [1.54, 1.807) is 24.2 Å². The molecule has 2 aromatic heterocycles. The van der Waals surface area contributed by atoms with Crippen LogP contribution in [0.2, 0.25) is 0 Å². The summed E-state index contributed by atoms with van der Waals surface area (Å²) in [4.78, 5) is 21.0. The third kappa shape index (κ3) is 4.27. The summed E-state index contributed by atoms with van der Waals surface area (Å²) in [6.45, 7) is 1.73. The third-order valence-corrected chi connectivity index (χ3v) is 7.01. The summed E-state index contributed by atoms with van der Waals surface area (Å²) in [5.41, 5.74) is 0. The maximum absolute atomic E-state index is 12.4. The average molecular weight is 351 g/mol. The highest BCUT2D eigenvalue weighted by Crippen LogP contribution is 2.36. The lowest BCUT2D eigenvalue weighted by atomic mass is 10.2. The topological polar surface area (TPSA) is 33.2 Å². The minimum absolute atomic E-state index is 0.245. The maximum atomic E-state index is 12.4. The number of thioether (sulfide) groups is 2. The molecule has 1 atom stereocenters. The zero-order valence-corrected chi connectivity index (χ0v) is 14.6. The van der Waals surface area contributed by atoms with E-state index in [0.717, 1.165) is 30.2 Å². The summed E-state index contributed by atoms with van der Waals surface area (Å²) < 4.78 is 0. The molecule has 6 heteroatoms. The molecule has 3 heterocycles. The van der Waals surface area contributed by atoms with Crippen LogP contribution in [0.1, 0.15) is 16.5 Å². The van der Waals surface area contributed by atoms with Crippen LogP contribution >= 0.6 is 34.9 Å². The van der Waals surface area contributed by atoms with Gasteiger partial charge in [0, 0.05) is 46.3 Å². The van der Waals surface area contributed by atoms with Crippen molar-refractivity contribution >= 4 is 40.8 Å². The van der Waals surface area contributed by atoms with Crippen LogP contribution < -0.4 is 0 Å². The number of amides is 1. The number of carbonyl (C=O) groups is 1. The van der Waals surface area contributed by atoms with Gasteiger partial charge in [-0.2, -0.15) is 11.8 Å². The summed E-state index contributed by atoms with van der Waals surface area (Å²) in [7, 11) is 0. The first-order chi connectivity index (χ1) is 10.8. The summed E-state index contributed by atoms with van der Waals surface area (Å²) >= 11 is 5.39. The Bertz CT molecular complexity index is 589. The first-order valence-corrected chi connectivity index (χ1v) is 10.2. The van der Waals surface area contributed by atoms with Gasteiger partial charge < -0.3 is 4.90 Å². The van der Waals surface area contributed by atoms with Crippen LogP contribution in [-0.4, -0.2) is 40.4 Å². The van der Waals surface area contributed by atoms with E-state index < -0.39 is 0 Å². The number of rotatable bonds is 4. The van der Waals surface area contributed by atoms with Gasteiger partial charge in [0.05, 0.1) is 5.75 Å². The minimum Gasteiger partial charge on any atom is -0.341 e. The van der Waals surface area contributed by atoms with E-state index in [1.165, 1.54) is 4.88 Å². The van der Waals surface area contributed by atoms with Crippen LogP contribution in [0.4, 0.5) is 0 Å². The van der Waals surface area contributed by atoms with E-state index in [1.807, 2.05) is 40.1 Å². The van der Waals surface area contributed by atoms with Gasteiger partial charge in [0.1, 0.15) is 0 Å². The Hall–Kier alpha value is -0.980. The first kappa shape index (κ1) is 15.9. The van der Waals surface area contributed by atoms with E-state index in [2.05, 4.69) is 22.5 Å². The Labute approximate surface area is 143 Å². The van der Waals surface area contributed by atoms with E-state index >= 15 is 0 Å². The second kappa shape index (κ2) is 8.04. The lowest BCUT2D eigenvalue weighted by Gasteiger charge is -2.20. The molecule has 1 unspecified atom stereocenters. The van der Waals surface area contributed by atoms with Crippen molar-refractivity contribution in [2.24, 2.45) is 0 Å². The number of carbonyl (C=O) groups excluding carboxylic acids is 1. The van der Waals surface area contributed by atoms with Crippen molar-refractivity contribution in [1.82, 2.24) is 9.88 Å². The van der Waals surface area contributed by atoms with Crippen molar-refractivity contribution in [3.63, 3.8) is 0 Å². The number of thiophene rings is 1. The molecule has 2 aromatic rings. The SMILES string of the molecule is O=C(CSc1ccncc1)N1CCSC(c2cccs2)CC1. The van der Waals surface area contributed by atoms with E-state index in [-0.39, 0.29) is 5.91 Å². The smallest absolute Gasteiger partial charge is 0.232 e. The fourth-order valence-electron chi connectivity index (χ4n) is 2.39. The third-order valence-electron chi connectivity index (χ3n) is 3.57. The molecule has 0 N–H and O–H groups in total. The van der Waals surface area contributed by atoms with Crippen molar-refractivity contribution in [1.29, 1.82) is 0 Å². The second-order valence-corrected chi connectivity index (χ2v) is 8.35. The van der Waals surface area contributed by atoms with Crippen molar-refractivity contribution < 1.29 is 4.79 Å². The minimum atomic E-state index is 0.245. The monoisotopic (exact) mass is 350 g/mol. The van der Waals surface area contributed by atoms with E-state index in [9.17, 15) is 4.79 Å². The maximum Gasteiger partial charge on any atom is 0.232 e. The normalized spacial score (nSPS) is 18.9. The molecule has 1 amide bonds. The number of pyridine rings is 1. The van der Waals surface area contributed by atoms with Gasteiger partial charge in [-0.1, -0.05) is 6.07 Å². The number of aromatic nitrogens is 1. The molecule has 3 nitrogen and oxygen atoms in total. The van der Waals surface area contributed by atoms with E-state index in [0.29, 0.717) is 11.0 Å². The molecule has 0 saturated carbocycles. The van der Waals surface area contributed by atoms with Gasteiger partial charge in [0.2, 0.25) is 5.91 Å². The zero-order chi connectivity index (χ0) is 15.2. The molecule has 0 aromatic carbocycles. The molecule has 0 aliphatic carbocycles. The van der Waals surface area contributed by atoms with Crippen molar-refractivity contribution in [2.45, 2.75) is 16.6 Å². The number of nitrogens with zero attached hydrogens (tertiary/aromatic N) is 2. The highest BCUT2D eigenvalue weighted by Gasteiger charge is 2.22. The van der Waals surface area contributed by atoms with Gasteiger partial charge in [-0.25, -0.2) is 0 Å². The molecule has 0 spiro atoms. The predicted molar refractivity (Wildman–Crippen MR) is 95.7 cm³/mol. The van der Waals surface area contributed by atoms with Gasteiger partial charge in [-0.15, -0.1) is 23.1 Å². The lowest BCUT2D eigenvalue weighted by Crippen LogP contribution is -2.34. The molecule has 0 bridgehead atoms. The Morgan fingerprint density at radius 1 is 1.32 bits per heavy atom. The highest BCUT2D eigenvalue weighted by molar-refractivity contribution is 8.00. The van der Waals surface area contributed by atoms with Crippen molar-refractivity contribution in [2.75, 3.05) is 24.6 Å². The van der Waals surface area contributed by atoms with Crippen LogP contribution in [0, 0.1) is 0 Å². The molecule has 1 fully saturated rings. The summed E-state index contributed by atoms with van der Waals surface area (Å²) in [5, 5.41) is 2.68. The number of hydrogen-bond donors (Lipinski definition) is 0. The fourth-order valence-corrected chi connectivity index (χ4v) is 5.42. The van der Waals surface area contributed by atoms with Crippen LogP contribution in [0.15, 0.2) is 46.9 Å². The molecule has 116 valence electrons. The van der Waals surface area contributed by atoms with Crippen LogP contribution in [0.5, 0.6) is 0 Å². The van der Waals surface area contributed by atoms with Gasteiger partial charge in [-0.3, -0.25) is 9.78 Å². The molecule has 1 saturated heterocycles. The molecule has 1 aliphatic heterocycles. The summed E-state index contributed by atoms with van der Waals surface area (Å²) in [6.07, 6.45) is 4.58. The standard InChI is InChI=1S/C16H18N2OS3/c19-16(12-22-13-3-6-17-7-4-13)18-8-5-15(21-11-9-18)14-2-1-10-20-14/h1-4,6-7,10,15H,5,8-9,11-12H2. The summed E-state index contributed by atoms with van der Waals surface area (Å²) in [6, 6.07) is 8.21. The van der Waals surface area contributed by atoms with Crippen LogP contribution in [0.3, 0.4) is 0 Å². The largest absolute Gasteiger partial charge is 0.341 e. The predicted octanol–water partition coefficient (Wildman–Crippen LogP) is 3.94. The van der Waals surface area contributed by atoms with Gasteiger partial charge in [0.25, 0.3) is 0 Å². The quantitative estimate of drug-likeness (QED) is 0.782. The first-order valence-electron chi connectivity index (χ1n) is 7.28. The Balaban J connectivity index is 1.51. The molecule has 22 heavy (non-hydrogen) atoms. The van der Waals surface area contributed by atoms with Crippen molar-refractivity contribution in [3.05, 3.63) is 46.9 Å². The van der Waals surface area contributed by atoms with E-state index in [4.69, 9.17) is 0 Å². The van der Waals surface area contributed by atoms with Crippen LogP contribution in [0.25, 0.3) is 0 Å². The molecular formula is C16H18N2OS3. The molecular weight excluding hydrogens is 332 g/mol.